The first-order chi connectivity index (χ1) is 18.3. The summed E-state index contributed by atoms with van der Waals surface area (Å²) in [7, 11) is -2.87. The van der Waals surface area contributed by atoms with Gasteiger partial charge in [-0.25, -0.2) is 22.7 Å². The van der Waals surface area contributed by atoms with Gasteiger partial charge in [-0.2, -0.15) is 9.40 Å². The van der Waals surface area contributed by atoms with E-state index in [2.05, 4.69) is 15.4 Å². The molecule has 0 aliphatic carbocycles. The second kappa shape index (κ2) is 11.3. The van der Waals surface area contributed by atoms with Crippen molar-refractivity contribution in [1.29, 1.82) is 0 Å². The van der Waals surface area contributed by atoms with Crippen LogP contribution in [0.2, 0.25) is 0 Å². The van der Waals surface area contributed by atoms with E-state index in [1.165, 1.54) is 25.3 Å². The first-order valence-corrected chi connectivity index (χ1v) is 12.9. The van der Waals surface area contributed by atoms with E-state index in [0.29, 0.717) is 22.6 Å². The molecule has 2 aromatic carbocycles. The molecule has 38 heavy (non-hydrogen) atoms. The minimum Gasteiger partial charge on any atom is -0.465 e. The van der Waals surface area contributed by atoms with Crippen LogP contribution in [0.25, 0.3) is 16.8 Å². The molecular formula is C24H25N7O6S. The molecule has 0 radical (unpaired) electrons. The number of benzene rings is 2. The number of ether oxygens (including phenoxy) is 1. The Bertz CT molecular complexity index is 1590. The molecule has 2 heterocycles. The summed E-state index contributed by atoms with van der Waals surface area (Å²) in [5.74, 6) is -0.00406. The molecule has 0 saturated heterocycles. The summed E-state index contributed by atoms with van der Waals surface area (Å²) in [4.78, 5) is 26.8. The van der Waals surface area contributed by atoms with Gasteiger partial charge in [-0.1, -0.05) is 24.3 Å². The van der Waals surface area contributed by atoms with E-state index in [1.807, 2.05) is 6.07 Å². The van der Waals surface area contributed by atoms with Crippen LogP contribution in [0.15, 0.2) is 71.9 Å². The lowest BCUT2D eigenvalue weighted by atomic mass is 10.1. The topological polar surface area (TPSA) is 175 Å². The predicted octanol–water partition coefficient (Wildman–Crippen LogP) is 2.15. The Morgan fingerprint density at radius 2 is 1.97 bits per heavy atom. The molecule has 0 unspecified atom stereocenters. The standard InChI is InChI=1S/C24H25N7O6S/c1-37-24(32)18-6-4-5-17(15-18)19-16-27-30-12-9-22(28-23(19)30)26-11-14-29(13-10-25)38(35,36)21-8-3-2-7-20(21)31(33)34/h2-9,12,15-16H,10-11,13-14,25H2,1H3,(H,26,28). The Morgan fingerprint density at radius 1 is 1.18 bits per heavy atom. The van der Waals surface area contributed by atoms with E-state index in [-0.39, 0.29) is 26.2 Å². The molecule has 0 fully saturated rings. The third-order valence-corrected chi connectivity index (χ3v) is 7.64. The Labute approximate surface area is 218 Å². The highest BCUT2D eigenvalue weighted by molar-refractivity contribution is 7.89. The van der Waals surface area contributed by atoms with Gasteiger partial charge in [0.15, 0.2) is 10.5 Å². The number of aromatic nitrogens is 3. The summed E-state index contributed by atoms with van der Waals surface area (Å²) >= 11 is 0. The maximum absolute atomic E-state index is 13.2. The number of carbonyl (C=O) groups is 1. The molecule has 4 rings (SSSR count). The fourth-order valence-corrected chi connectivity index (χ4v) is 5.49. The van der Waals surface area contributed by atoms with Crippen LogP contribution in [0.3, 0.4) is 0 Å². The van der Waals surface area contributed by atoms with Crippen molar-refractivity contribution < 1.29 is 22.9 Å². The first kappa shape index (κ1) is 26.7. The predicted molar refractivity (Wildman–Crippen MR) is 139 cm³/mol. The number of nitro benzene ring substituents is 1. The quantitative estimate of drug-likeness (QED) is 0.163. The molecule has 0 saturated carbocycles. The molecule has 0 atom stereocenters. The molecule has 198 valence electrons. The number of nitrogens with two attached hydrogens (primary N) is 1. The van der Waals surface area contributed by atoms with Crippen molar-refractivity contribution in [2.75, 3.05) is 38.6 Å². The Hall–Kier alpha value is -4.40. The number of nitrogens with zero attached hydrogens (tertiary/aromatic N) is 5. The van der Waals surface area contributed by atoms with Crippen molar-refractivity contribution in [1.82, 2.24) is 18.9 Å². The summed E-state index contributed by atoms with van der Waals surface area (Å²) in [5, 5.41) is 18.8. The summed E-state index contributed by atoms with van der Waals surface area (Å²) in [6.07, 6.45) is 3.32. The van der Waals surface area contributed by atoms with Gasteiger partial charge in [-0.15, -0.1) is 0 Å². The number of sulfonamides is 1. The number of methoxy groups -OCH3 is 1. The maximum Gasteiger partial charge on any atom is 0.337 e. The number of hydrogen-bond acceptors (Lipinski definition) is 10. The molecule has 14 heteroatoms. The maximum atomic E-state index is 13.2. The van der Waals surface area contributed by atoms with E-state index in [0.717, 1.165) is 15.9 Å². The SMILES string of the molecule is COC(=O)c1cccc(-c2cnn3ccc(NCCN(CCN)S(=O)(=O)c4ccccc4[N+](=O)[O-])nc23)c1. The lowest BCUT2D eigenvalue weighted by Crippen LogP contribution is -2.38. The minimum atomic E-state index is -4.18. The fourth-order valence-electron chi connectivity index (χ4n) is 3.87. The zero-order chi connectivity index (χ0) is 27.3. The summed E-state index contributed by atoms with van der Waals surface area (Å²) in [6.45, 7) is 0.162. The van der Waals surface area contributed by atoms with Crippen LogP contribution in [0.5, 0.6) is 0 Å². The molecule has 0 amide bonds. The largest absolute Gasteiger partial charge is 0.465 e. The van der Waals surface area contributed by atoms with E-state index in [1.54, 1.807) is 41.2 Å². The van der Waals surface area contributed by atoms with Crippen LogP contribution in [-0.4, -0.2) is 71.5 Å². The van der Waals surface area contributed by atoms with Crippen LogP contribution in [0, 0.1) is 10.1 Å². The molecular weight excluding hydrogens is 514 g/mol. The van der Waals surface area contributed by atoms with Crippen molar-refractivity contribution in [3.8, 4) is 11.1 Å². The fraction of sp³-hybridized carbons (Fsp3) is 0.208. The zero-order valence-corrected chi connectivity index (χ0v) is 21.2. The van der Waals surface area contributed by atoms with Crippen molar-refractivity contribution >= 4 is 33.1 Å². The molecule has 3 N–H and O–H groups in total. The number of carbonyl (C=O) groups excluding carboxylic acids is 1. The molecule has 13 nitrogen and oxygen atoms in total. The van der Waals surface area contributed by atoms with E-state index < -0.39 is 31.5 Å². The van der Waals surface area contributed by atoms with Gasteiger partial charge in [0.2, 0.25) is 10.0 Å². The van der Waals surface area contributed by atoms with Crippen LogP contribution < -0.4 is 11.1 Å². The number of nitrogens with one attached hydrogen (secondary N) is 1. The number of anilines is 1. The van der Waals surface area contributed by atoms with Crippen molar-refractivity contribution in [2.24, 2.45) is 5.73 Å². The highest BCUT2D eigenvalue weighted by atomic mass is 32.2. The van der Waals surface area contributed by atoms with Gasteiger partial charge in [-0.05, 0) is 29.8 Å². The molecule has 0 bridgehead atoms. The van der Waals surface area contributed by atoms with Crippen LogP contribution in [-0.2, 0) is 14.8 Å². The van der Waals surface area contributed by atoms with Gasteiger partial charge in [0, 0.05) is 44.0 Å². The lowest BCUT2D eigenvalue weighted by Gasteiger charge is -2.21. The highest BCUT2D eigenvalue weighted by Gasteiger charge is 2.30. The average molecular weight is 540 g/mol. The number of rotatable bonds is 11. The number of esters is 1. The number of hydrogen-bond donors (Lipinski definition) is 2. The highest BCUT2D eigenvalue weighted by Crippen LogP contribution is 2.27. The van der Waals surface area contributed by atoms with Crippen LogP contribution in [0.4, 0.5) is 11.5 Å². The van der Waals surface area contributed by atoms with Crippen LogP contribution in [0.1, 0.15) is 10.4 Å². The third kappa shape index (κ3) is 5.46. The smallest absolute Gasteiger partial charge is 0.337 e. The normalized spacial score (nSPS) is 11.6. The summed E-state index contributed by atoms with van der Waals surface area (Å²) < 4.78 is 33.9. The van der Waals surface area contributed by atoms with Gasteiger partial charge in [0.1, 0.15) is 5.82 Å². The second-order valence-electron chi connectivity index (χ2n) is 8.06. The number of nitro groups is 1. The molecule has 2 aromatic heterocycles. The number of fused-ring (bicyclic) bond motifs is 1. The summed E-state index contributed by atoms with van der Waals surface area (Å²) in [5.41, 5.74) is 7.44. The summed E-state index contributed by atoms with van der Waals surface area (Å²) in [6, 6.07) is 13.8. The van der Waals surface area contributed by atoms with Gasteiger partial charge in [0.25, 0.3) is 5.69 Å². The van der Waals surface area contributed by atoms with Gasteiger partial charge in [0.05, 0.1) is 23.8 Å². The monoisotopic (exact) mass is 539 g/mol. The molecule has 0 aliphatic rings. The Morgan fingerprint density at radius 3 is 2.71 bits per heavy atom. The Kier molecular flexibility index (Phi) is 7.95. The lowest BCUT2D eigenvalue weighted by molar-refractivity contribution is -0.387. The molecule has 0 spiro atoms. The van der Waals surface area contributed by atoms with Crippen LogP contribution >= 0.6 is 0 Å². The molecule has 4 aromatic rings. The third-order valence-electron chi connectivity index (χ3n) is 5.69. The van der Waals surface area contributed by atoms with E-state index in [4.69, 9.17) is 10.5 Å². The number of para-hydroxylation sites is 1. The first-order valence-electron chi connectivity index (χ1n) is 11.5. The minimum absolute atomic E-state index is 0.00820. The van der Waals surface area contributed by atoms with Gasteiger partial charge in [-0.3, -0.25) is 10.1 Å². The van der Waals surface area contributed by atoms with E-state index in [9.17, 15) is 23.3 Å². The zero-order valence-electron chi connectivity index (χ0n) is 20.4. The average Bonchev–Trinajstić information content (AvgIpc) is 3.35. The van der Waals surface area contributed by atoms with Crippen molar-refractivity contribution in [3.05, 3.63) is 82.7 Å². The van der Waals surface area contributed by atoms with Gasteiger partial charge < -0.3 is 15.8 Å². The van der Waals surface area contributed by atoms with Crippen molar-refractivity contribution in [3.63, 3.8) is 0 Å². The Balaban J connectivity index is 1.54. The second-order valence-corrected chi connectivity index (χ2v) is 9.96. The molecule has 0 aliphatic heterocycles. The van der Waals surface area contributed by atoms with Crippen molar-refractivity contribution in [2.45, 2.75) is 4.90 Å². The van der Waals surface area contributed by atoms with Gasteiger partial charge >= 0.3 is 5.97 Å². The van der Waals surface area contributed by atoms with E-state index >= 15 is 0 Å².